The Morgan fingerprint density at radius 3 is 0.723 bits per heavy atom. The third-order valence-corrected chi connectivity index (χ3v) is 12.6. The predicted octanol–water partition coefficient (Wildman–Crippen LogP) is 13.8. The van der Waals surface area contributed by atoms with Gasteiger partial charge in [-0.1, -0.05) is 200 Å². The molecule has 0 radical (unpaired) electrons. The SMILES string of the molecule is O=P(Oc1ccc(-c2ccccc2)c(-c2ccccc2)c1CO)(Oc1ccc(-c2ccccc2)c(-c2ccccc2)c1CO)Oc1ccc(-c2ccccc2)c(-c2ccccc2)c1CO. The summed E-state index contributed by atoms with van der Waals surface area (Å²) >= 11 is 0. The van der Waals surface area contributed by atoms with Crippen LogP contribution in [0.4, 0.5) is 0 Å². The van der Waals surface area contributed by atoms with Gasteiger partial charge in [-0.25, -0.2) is 0 Å². The fourth-order valence-electron chi connectivity index (χ4n) is 8.41. The van der Waals surface area contributed by atoms with Crippen LogP contribution in [-0.2, 0) is 24.4 Å². The van der Waals surface area contributed by atoms with Crippen molar-refractivity contribution in [3.05, 3.63) is 235 Å². The standard InChI is InChI=1S/C57H45O7P/c58-37-49-52(34-31-46(40-19-7-1-8-20-40)55(49)43-25-13-4-14-26-43)62-65(61,63-53-35-32-47(41-21-9-2-10-22-41)56(50(53)38-59)44-27-15-5-16-28-44)64-54-36-33-48(42-23-11-3-12-24-42)57(51(54)39-60)45-29-17-6-18-30-45/h1-36,58-60H,37-39H2. The van der Waals surface area contributed by atoms with Crippen LogP contribution in [0.2, 0.25) is 0 Å². The lowest BCUT2D eigenvalue weighted by atomic mass is 9.90. The van der Waals surface area contributed by atoms with Crippen molar-refractivity contribution in [1.82, 2.24) is 0 Å². The third kappa shape index (κ3) is 9.00. The lowest BCUT2D eigenvalue weighted by Crippen LogP contribution is -2.12. The van der Waals surface area contributed by atoms with Crippen LogP contribution in [-0.4, -0.2) is 15.3 Å². The molecule has 3 N–H and O–H groups in total. The van der Waals surface area contributed by atoms with Gasteiger partial charge in [-0.15, -0.1) is 0 Å². The minimum absolute atomic E-state index is 0.0545. The first-order valence-electron chi connectivity index (χ1n) is 21.3. The normalized spacial score (nSPS) is 11.2. The van der Waals surface area contributed by atoms with Crippen molar-refractivity contribution in [3.8, 4) is 84.0 Å². The number of phosphoric acid groups is 1. The molecule has 7 nitrogen and oxygen atoms in total. The molecule has 320 valence electrons. The monoisotopic (exact) mass is 872 g/mol. The van der Waals surface area contributed by atoms with E-state index in [0.29, 0.717) is 33.4 Å². The first kappa shape index (κ1) is 42.8. The van der Waals surface area contributed by atoms with E-state index in [1.807, 2.05) is 200 Å². The number of aliphatic hydroxyl groups excluding tert-OH is 3. The number of aliphatic hydroxyl groups is 3. The molecule has 0 aliphatic carbocycles. The summed E-state index contributed by atoms with van der Waals surface area (Å²) in [6.45, 7) is -1.46. The van der Waals surface area contributed by atoms with E-state index in [9.17, 15) is 15.3 Å². The Bertz CT molecular complexity index is 2740. The van der Waals surface area contributed by atoms with E-state index in [0.717, 1.165) is 50.1 Å². The highest BCUT2D eigenvalue weighted by Gasteiger charge is 2.38. The smallest absolute Gasteiger partial charge is 0.392 e. The van der Waals surface area contributed by atoms with E-state index in [-0.39, 0.29) is 17.2 Å². The number of hydrogen-bond acceptors (Lipinski definition) is 7. The highest BCUT2D eigenvalue weighted by Crippen LogP contribution is 2.55. The third-order valence-electron chi connectivity index (χ3n) is 11.4. The van der Waals surface area contributed by atoms with Crippen LogP contribution < -0.4 is 13.6 Å². The van der Waals surface area contributed by atoms with Crippen molar-refractivity contribution in [2.45, 2.75) is 19.8 Å². The van der Waals surface area contributed by atoms with Crippen LogP contribution in [0.25, 0.3) is 66.8 Å². The first-order chi connectivity index (χ1) is 32.0. The molecule has 0 aliphatic heterocycles. The summed E-state index contributed by atoms with van der Waals surface area (Å²) in [4.78, 5) is 0. The Hall–Kier alpha value is -7.51. The highest BCUT2D eigenvalue weighted by atomic mass is 31.2. The molecule has 65 heavy (non-hydrogen) atoms. The van der Waals surface area contributed by atoms with Crippen molar-refractivity contribution in [2.75, 3.05) is 0 Å². The summed E-state index contributed by atoms with van der Waals surface area (Å²) in [5.41, 5.74) is 10.7. The molecule has 9 aromatic rings. The summed E-state index contributed by atoms with van der Waals surface area (Å²) in [5.74, 6) is 0.163. The minimum atomic E-state index is -4.93. The van der Waals surface area contributed by atoms with Gasteiger partial charge in [0.2, 0.25) is 0 Å². The Morgan fingerprint density at radius 2 is 0.508 bits per heavy atom. The Morgan fingerprint density at radius 1 is 0.292 bits per heavy atom. The van der Waals surface area contributed by atoms with Crippen molar-refractivity contribution in [2.24, 2.45) is 0 Å². The molecule has 0 aromatic heterocycles. The summed E-state index contributed by atoms with van der Waals surface area (Å²) in [6.07, 6.45) is 0. The van der Waals surface area contributed by atoms with Crippen molar-refractivity contribution in [1.29, 1.82) is 0 Å². The van der Waals surface area contributed by atoms with Gasteiger partial charge in [0, 0.05) is 16.7 Å². The van der Waals surface area contributed by atoms with Crippen molar-refractivity contribution in [3.63, 3.8) is 0 Å². The molecule has 0 heterocycles. The number of phosphoric ester groups is 1. The summed E-state index contributed by atoms with van der Waals surface area (Å²) in [5, 5.41) is 33.8. The van der Waals surface area contributed by atoms with Crippen LogP contribution >= 0.6 is 7.82 Å². The van der Waals surface area contributed by atoms with Crippen molar-refractivity contribution < 1.29 is 33.5 Å². The second-order valence-corrected chi connectivity index (χ2v) is 16.7. The molecule has 9 aromatic carbocycles. The predicted molar refractivity (Wildman–Crippen MR) is 259 cm³/mol. The zero-order valence-corrected chi connectivity index (χ0v) is 36.2. The summed E-state index contributed by atoms with van der Waals surface area (Å²) in [6, 6.07) is 68.8. The van der Waals surface area contributed by atoms with Gasteiger partial charge in [-0.3, -0.25) is 0 Å². The fraction of sp³-hybridized carbons (Fsp3) is 0.0526. The quantitative estimate of drug-likeness (QED) is 0.0881. The van der Waals surface area contributed by atoms with Gasteiger partial charge in [0.15, 0.2) is 0 Å². The van der Waals surface area contributed by atoms with E-state index in [4.69, 9.17) is 13.6 Å². The van der Waals surface area contributed by atoms with Gasteiger partial charge in [0.1, 0.15) is 17.2 Å². The molecule has 0 spiro atoms. The largest absolute Gasteiger partial charge is 0.647 e. The molecule has 0 aliphatic rings. The van der Waals surface area contributed by atoms with E-state index in [2.05, 4.69) is 0 Å². The Labute approximate surface area is 378 Å². The highest BCUT2D eigenvalue weighted by molar-refractivity contribution is 7.49. The minimum Gasteiger partial charge on any atom is -0.392 e. The molecular weight excluding hydrogens is 828 g/mol. The first-order valence-corrected chi connectivity index (χ1v) is 22.8. The summed E-state index contributed by atoms with van der Waals surface area (Å²) in [7, 11) is -4.93. The molecule has 0 fully saturated rings. The van der Waals surface area contributed by atoms with Crippen LogP contribution in [0.1, 0.15) is 16.7 Å². The number of hydrogen-bond donors (Lipinski definition) is 3. The number of rotatable bonds is 15. The molecule has 8 heteroatoms. The zero-order valence-electron chi connectivity index (χ0n) is 35.3. The lowest BCUT2D eigenvalue weighted by Gasteiger charge is -2.26. The van der Waals surface area contributed by atoms with E-state index in [1.54, 1.807) is 18.2 Å². The topological polar surface area (TPSA) is 105 Å². The number of benzene rings is 9. The molecule has 9 rings (SSSR count). The molecule has 0 saturated carbocycles. The Balaban J connectivity index is 1.25. The second-order valence-electron chi connectivity index (χ2n) is 15.3. The van der Waals surface area contributed by atoms with Gasteiger partial charge in [-0.05, 0) is 85.0 Å². The van der Waals surface area contributed by atoms with Crippen LogP contribution in [0.5, 0.6) is 17.2 Å². The molecule has 0 atom stereocenters. The van der Waals surface area contributed by atoms with Gasteiger partial charge in [-0.2, -0.15) is 4.57 Å². The second kappa shape index (κ2) is 19.5. The fourth-order valence-corrected chi connectivity index (χ4v) is 9.76. The molecular formula is C57H45O7P. The van der Waals surface area contributed by atoms with Gasteiger partial charge >= 0.3 is 7.82 Å². The van der Waals surface area contributed by atoms with Crippen molar-refractivity contribution >= 4 is 7.82 Å². The maximum absolute atomic E-state index is 16.0. The van der Waals surface area contributed by atoms with Crippen LogP contribution in [0.15, 0.2) is 218 Å². The van der Waals surface area contributed by atoms with Crippen LogP contribution in [0, 0.1) is 0 Å². The molecule has 0 saturated heterocycles. The molecule has 0 amide bonds. The average molecular weight is 873 g/mol. The zero-order chi connectivity index (χ0) is 44.6. The Kier molecular flexibility index (Phi) is 12.8. The van der Waals surface area contributed by atoms with E-state index < -0.39 is 27.6 Å². The molecule has 0 unspecified atom stereocenters. The van der Waals surface area contributed by atoms with Gasteiger partial charge in [0.25, 0.3) is 0 Å². The average Bonchev–Trinajstić information content (AvgIpc) is 3.37. The maximum atomic E-state index is 16.0. The van der Waals surface area contributed by atoms with Gasteiger partial charge < -0.3 is 28.9 Å². The summed E-state index contributed by atoms with van der Waals surface area (Å²) < 4.78 is 35.8. The maximum Gasteiger partial charge on any atom is 0.647 e. The van der Waals surface area contributed by atoms with Gasteiger partial charge in [0.05, 0.1) is 19.8 Å². The lowest BCUT2D eigenvalue weighted by molar-refractivity contribution is 0.258. The van der Waals surface area contributed by atoms with E-state index >= 15 is 4.57 Å². The van der Waals surface area contributed by atoms with E-state index in [1.165, 1.54) is 0 Å². The van der Waals surface area contributed by atoms with Crippen LogP contribution in [0.3, 0.4) is 0 Å². The molecule has 0 bridgehead atoms.